The van der Waals surface area contributed by atoms with Gasteiger partial charge in [0, 0.05) is 25.5 Å². The maximum absolute atomic E-state index is 4.08. The van der Waals surface area contributed by atoms with Gasteiger partial charge in [0.25, 0.3) is 0 Å². The second-order valence-electron chi connectivity index (χ2n) is 2.48. The number of hydrogen-bond donors (Lipinski definition) is 1. The van der Waals surface area contributed by atoms with Gasteiger partial charge in [0.15, 0.2) is 0 Å². The molecule has 1 rings (SSSR count). The van der Waals surface area contributed by atoms with Crippen molar-refractivity contribution in [3.8, 4) is 0 Å². The third-order valence-electron chi connectivity index (χ3n) is 1.77. The van der Waals surface area contributed by atoms with Crippen molar-refractivity contribution in [3.63, 3.8) is 0 Å². The zero-order chi connectivity index (χ0) is 8.10. The summed E-state index contributed by atoms with van der Waals surface area (Å²) < 4.78 is 0. The molecular formula is C9H14N2. The van der Waals surface area contributed by atoms with Crippen molar-refractivity contribution >= 4 is 6.21 Å². The van der Waals surface area contributed by atoms with Crippen LogP contribution in [0.2, 0.25) is 0 Å². The first kappa shape index (κ1) is 8.21. The van der Waals surface area contributed by atoms with Crippen LogP contribution in [-0.4, -0.2) is 19.3 Å². The average Bonchev–Trinajstić information content (AvgIpc) is 2.47. The summed E-state index contributed by atoms with van der Waals surface area (Å²) in [4.78, 5) is 4.08. The summed E-state index contributed by atoms with van der Waals surface area (Å²) >= 11 is 0. The van der Waals surface area contributed by atoms with Crippen LogP contribution in [0.3, 0.4) is 0 Å². The fourth-order valence-corrected chi connectivity index (χ4v) is 1.14. The Bertz CT molecular complexity index is 212. The molecule has 0 amide bonds. The van der Waals surface area contributed by atoms with E-state index in [0.29, 0.717) is 0 Å². The van der Waals surface area contributed by atoms with Gasteiger partial charge in [0.2, 0.25) is 0 Å². The van der Waals surface area contributed by atoms with Crippen molar-refractivity contribution in [2.45, 2.75) is 13.8 Å². The van der Waals surface area contributed by atoms with Crippen LogP contribution in [0.5, 0.6) is 0 Å². The quantitative estimate of drug-likeness (QED) is 0.563. The zero-order valence-electron chi connectivity index (χ0n) is 7.09. The Labute approximate surface area is 67.7 Å². The third kappa shape index (κ3) is 2.02. The SMILES string of the molecule is C\C=N/C=C1/CNC/C1=C/C. The molecule has 0 aromatic rings. The monoisotopic (exact) mass is 150 g/mol. The maximum Gasteiger partial charge on any atom is 0.0311 e. The largest absolute Gasteiger partial charge is 0.309 e. The molecule has 60 valence electrons. The van der Waals surface area contributed by atoms with Gasteiger partial charge in [0.05, 0.1) is 0 Å². The highest BCUT2D eigenvalue weighted by molar-refractivity contribution is 5.55. The molecule has 1 heterocycles. The molecule has 1 saturated heterocycles. The van der Waals surface area contributed by atoms with Crippen molar-refractivity contribution < 1.29 is 0 Å². The maximum atomic E-state index is 4.08. The molecule has 0 aromatic heterocycles. The van der Waals surface area contributed by atoms with Crippen LogP contribution in [0.25, 0.3) is 0 Å². The van der Waals surface area contributed by atoms with Crippen LogP contribution in [0, 0.1) is 0 Å². The molecule has 0 saturated carbocycles. The fourth-order valence-electron chi connectivity index (χ4n) is 1.14. The Morgan fingerprint density at radius 3 is 2.64 bits per heavy atom. The summed E-state index contributed by atoms with van der Waals surface area (Å²) in [6.07, 6.45) is 5.87. The van der Waals surface area contributed by atoms with E-state index in [2.05, 4.69) is 23.3 Å². The lowest BCUT2D eigenvalue weighted by Gasteiger charge is -1.93. The lowest BCUT2D eigenvalue weighted by Crippen LogP contribution is -2.04. The second-order valence-corrected chi connectivity index (χ2v) is 2.48. The van der Waals surface area contributed by atoms with Gasteiger partial charge in [-0.1, -0.05) is 6.08 Å². The normalized spacial score (nSPS) is 26.0. The predicted molar refractivity (Wildman–Crippen MR) is 48.9 cm³/mol. The molecule has 1 aliphatic rings. The third-order valence-corrected chi connectivity index (χ3v) is 1.77. The van der Waals surface area contributed by atoms with Gasteiger partial charge < -0.3 is 5.32 Å². The fraction of sp³-hybridized carbons (Fsp3) is 0.444. The van der Waals surface area contributed by atoms with Crippen LogP contribution >= 0.6 is 0 Å². The summed E-state index contributed by atoms with van der Waals surface area (Å²) in [5.41, 5.74) is 2.68. The molecule has 0 radical (unpaired) electrons. The molecular weight excluding hydrogens is 136 g/mol. The standard InChI is InChI=1S/C9H14N2/c1-3-8-5-11-7-9(8)6-10-4-2/h3-4,6,11H,5,7H2,1-2H3/b8-3-,9-6-,10-4-. The van der Waals surface area contributed by atoms with Crippen LogP contribution in [0.1, 0.15) is 13.8 Å². The van der Waals surface area contributed by atoms with Crippen molar-refractivity contribution in [2.24, 2.45) is 4.99 Å². The molecule has 0 unspecified atom stereocenters. The topological polar surface area (TPSA) is 24.4 Å². The average molecular weight is 150 g/mol. The van der Waals surface area contributed by atoms with Gasteiger partial charge in [-0.05, 0) is 25.0 Å². The highest BCUT2D eigenvalue weighted by atomic mass is 14.9. The number of aliphatic imine (C=N–C) groups is 1. The first-order valence-electron chi connectivity index (χ1n) is 3.91. The van der Waals surface area contributed by atoms with Crippen molar-refractivity contribution in [2.75, 3.05) is 13.1 Å². The summed E-state index contributed by atoms with van der Waals surface area (Å²) in [6, 6.07) is 0. The van der Waals surface area contributed by atoms with Gasteiger partial charge in [-0.2, -0.15) is 0 Å². The summed E-state index contributed by atoms with van der Waals surface area (Å²) in [7, 11) is 0. The smallest absolute Gasteiger partial charge is 0.0311 e. The van der Waals surface area contributed by atoms with Gasteiger partial charge in [-0.25, -0.2) is 0 Å². The molecule has 1 fully saturated rings. The van der Waals surface area contributed by atoms with E-state index in [0.717, 1.165) is 13.1 Å². The number of hydrogen-bond acceptors (Lipinski definition) is 2. The number of rotatable bonds is 1. The first-order valence-corrected chi connectivity index (χ1v) is 3.91. The van der Waals surface area contributed by atoms with Gasteiger partial charge in [-0.15, -0.1) is 0 Å². The molecule has 2 nitrogen and oxygen atoms in total. The minimum atomic E-state index is 0.955. The van der Waals surface area contributed by atoms with Crippen molar-refractivity contribution in [1.29, 1.82) is 0 Å². The molecule has 0 spiro atoms. The van der Waals surface area contributed by atoms with Crippen LogP contribution in [0.15, 0.2) is 28.4 Å². The van der Waals surface area contributed by atoms with E-state index in [-0.39, 0.29) is 0 Å². The number of allylic oxidation sites excluding steroid dienone is 1. The second kappa shape index (κ2) is 4.09. The minimum Gasteiger partial charge on any atom is -0.309 e. The number of nitrogens with one attached hydrogen (secondary N) is 1. The Kier molecular flexibility index (Phi) is 3.05. The van der Waals surface area contributed by atoms with E-state index in [1.54, 1.807) is 6.21 Å². The summed E-state index contributed by atoms with van der Waals surface area (Å²) in [6.45, 7) is 5.93. The van der Waals surface area contributed by atoms with E-state index in [4.69, 9.17) is 0 Å². The summed E-state index contributed by atoms with van der Waals surface area (Å²) in [5, 5.41) is 3.27. The molecule has 11 heavy (non-hydrogen) atoms. The lowest BCUT2D eigenvalue weighted by molar-refractivity contribution is 0.894. The predicted octanol–water partition coefficient (Wildman–Crippen LogP) is 1.51. The van der Waals surface area contributed by atoms with E-state index in [1.165, 1.54) is 11.1 Å². The van der Waals surface area contributed by atoms with Crippen LogP contribution < -0.4 is 5.32 Å². The molecule has 0 aliphatic carbocycles. The van der Waals surface area contributed by atoms with Gasteiger partial charge in [0.1, 0.15) is 0 Å². The van der Waals surface area contributed by atoms with E-state index >= 15 is 0 Å². The highest BCUT2D eigenvalue weighted by Gasteiger charge is 2.10. The zero-order valence-corrected chi connectivity index (χ0v) is 7.09. The van der Waals surface area contributed by atoms with Crippen molar-refractivity contribution in [3.05, 3.63) is 23.4 Å². The van der Waals surface area contributed by atoms with E-state index < -0.39 is 0 Å². The highest BCUT2D eigenvalue weighted by Crippen LogP contribution is 2.13. The molecule has 0 atom stereocenters. The lowest BCUT2D eigenvalue weighted by atomic mass is 10.1. The van der Waals surface area contributed by atoms with Gasteiger partial charge >= 0.3 is 0 Å². The van der Waals surface area contributed by atoms with Crippen molar-refractivity contribution in [1.82, 2.24) is 5.32 Å². The minimum absolute atomic E-state index is 0.955. The Morgan fingerprint density at radius 2 is 2.00 bits per heavy atom. The Morgan fingerprint density at radius 1 is 1.27 bits per heavy atom. The first-order chi connectivity index (χ1) is 5.38. The van der Waals surface area contributed by atoms with E-state index in [1.807, 2.05) is 13.1 Å². The summed E-state index contributed by atoms with van der Waals surface area (Å²) in [5.74, 6) is 0. The van der Waals surface area contributed by atoms with E-state index in [9.17, 15) is 0 Å². The van der Waals surface area contributed by atoms with Crippen LogP contribution in [-0.2, 0) is 0 Å². The molecule has 0 bridgehead atoms. The number of nitrogens with zero attached hydrogens (tertiary/aromatic N) is 1. The molecule has 1 aliphatic heterocycles. The van der Waals surface area contributed by atoms with Gasteiger partial charge in [-0.3, -0.25) is 4.99 Å². The van der Waals surface area contributed by atoms with Crippen LogP contribution in [0.4, 0.5) is 0 Å². The molecule has 1 N–H and O–H groups in total. The molecule has 2 heteroatoms. The Hall–Kier alpha value is -0.890. The Balaban J connectivity index is 2.71. The molecule has 0 aromatic carbocycles.